The predicted octanol–water partition coefficient (Wildman–Crippen LogP) is 2.17. The van der Waals surface area contributed by atoms with E-state index in [4.69, 9.17) is 10.8 Å². The Morgan fingerprint density at radius 3 is 2.50 bits per heavy atom. The van der Waals surface area contributed by atoms with Crippen LogP contribution in [0.4, 0.5) is 13.2 Å². The Morgan fingerprint density at radius 1 is 1.31 bits per heavy atom. The highest BCUT2D eigenvalue weighted by molar-refractivity contribution is 5.55. The molecule has 0 spiro atoms. The molecule has 0 radical (unpaired) electrons. The van der Waals surface area contributed by atoms with Crippen molar-refractivity contribution in [1.82, 2.24) is 0 Å². The lowest BCUT2D eigenvalue weighted by atomic mass is 10.0. The number of rotatable bonds is 3. The van der Waals surface area contributed by atoms with Crippen molar-refractivity contribution >= 4 is 6.08 Å². The fourth-order valence-corrected chi connectivity index (χ4v) is 1.28. The summed E-state index contributed by atoms with van der Waals surface area (Å²) in [5.74, 6) is 0. The lowest BCUT2D eigenvalue weighted by Crippen LogP contribution is -2.06. The standard InChI is InChI=1S/C11H12F3NO/c12-11(13,14)10-4-3-8(2-1-5-15)9(6-10)7-16/h1-4,6,16H,5,7,15H2. The Morgan fingerprint density at radius 2 is 2.00 bits per heavy atom. The van der Waals surface area contributed by atoms with Crippen LogP contribution in [0.1, 0.15) is 16.7 Å². The number of aliphatic hydroxyl groups excluding tert-OH is 1. The van der Waals surface area contributed by atoms with E-state index in [0.717, 1.165) is 12.1 Å². The monoisotopic (exact) mass is 231 g/mol. The van der Waals surface area contributed by atoms with Gasteiger partial charge in [-0.2, -0.15) is 13.2 Å². The van der Waals surface area contributed by atoms with Gasteiger partial charge in [0.2, 0.25) is 0 Å². The maximum atomic E-state index is 12.4. The first kappa shape index (κ1) is 12.7. The van der Waals surface area contributed by atoms with Crippen LogP contribution in [0.5, 0.6) is 0 Å². The van der Waals surface area contributed by atoms with Crippen molar-refractivity contribution < 1.29 is 18.3 Å². The van der Waals surface area contributed by atoms with Crippen molar-refractivity contribution in [2.45, 2.75) is 12.8 Å². The average molecular weight is 231 g/mol. The molecule has 0 saturated heterocycles. The highest BCUT2D eigenvalue weighted by Crippen LogP contribution is 2.30. The molecule has 0 aliphatic rings. The summed E-state index contributed by atoms with van der Waals surface area (Å²) in [5.41, 5.74) is 5.25. The number of halogens is 3. The number of hydrogen-bond acceptors (Lipinski definition) is 2. The summed E-state index contributed by atoms with van der Waals surface area (Å²) in [6.45, 7) is -0.139. The van der Waals surface area contributed by atoms with Gasteiger partial charge in [0.15, 0.2) is 0 Å². The lowest BCUT2D eigenvalue weighted by molar-refractivity contribution is -0.137. The van der Waals surface area contributed by atoms with Crippen LogP contribution in [0.15, 0.2) is 24.3 Å². The minimum absolute atomic E-state index is 0.236. The van der Waals surface area contributed by atoms with Gasteiger partial charge in [0, 0.05) is 6.54 Å². The fourth-order valence-electron chi connectivity index (χ4n) is 1.28. The van der Waals surface area contributed by atoms with E-state index in [2.05, 4.69) is 0 Å². The predicted molar refractivity (Wildman–Crippen MR) is 55.5 cm³/mol. The van der Waals surface area contributed by atoms with E-state index in [1.165, 1.54) is 6.07 Å². The zero-order valence-electron chi connectivity index (χ0n) is 8.46. The fraction of sp³-hybridized carbons (Fsp3) is 0.273. The summed E-state index contributed by atoms with van der Waals surface area (Å²) in [5, 5.41) is 8.98. The van der Waals surface area contributed by atoms with Gasteiger partial charge in [0.05, 0.1) is 12.2 Å². The Hall–Kier alpha value is -1.33. The third-order valence-corrected chi connectivity index (χ3v) is 2.07. The molecule has 1 aromatic rings. The summed E-state index contributed by atoms with van der Waals surface area (Å²) in [6, 6.07) is 3.24. The van der Waals surface area contributed by atoms with Gasteiger partial charge in [0.25, 0.3) is 0 Å². The van der Waals surface area contributed by atoms with Crippen molar-refractivity contribution in [3.63, 3.8) is 0 Å². The first-order valence-electron chi connectivity index (χ1n) is 4.66. The third kappa shape index (κ3) is 3.08. The minimum atomic E-state index is -4.39. The van der Waals surface area contributed by atoms with E-state index in [9.17, 15) is 13.2 Å². The van der Waals surface area contributed by atoms with E-state index < -0.39 is 18.3 Å². The van der Waals surface area contributed by atoms with Gasteiger partial charge in [-0.3, -0.25) is 0 Å². The van der Waals surface area contributed by atoms with Gasteiger partial charge < -0.3 is 10.8 Å². The first-order chi connectivity index (χ1) is 7.49. The van der Waals surface area contributed by atoms with Gasteiger partial charge in [0.1, 0.15) is 0 Å². The number of alkyl halides is 3. The molecule has 1 aromatic carbocycles. The molecule has 0 unspecified atom stereocenters. The van der Waals surface area contributed by atoms with Crippen LogP contribution in [0, 0.1) is 0 Å². The Bertz CT molecular complexity index is 385. The van der Waals surface area contributed by atoms with Crippen molar-refractivity contribution in [3.05, 3.63) is 41.0 Å². The molecule has 2 nitrogen and oxygen atoms in total. The van der Waals surface area contributed by atoms with E-state index in [0.29, 0.717) is 12.1 Å². The van der Waals surface area contributed by atoms with Gasteiger partial charge in [-0.15, -0.1) is 0 Å². The second-order valence-electron chi connectivity index (χ2n) is 3.21. The molecular formula is C11H12F3NO. The highest BCUT2D eigenvalue weighted by atomic mass is 19.4. The van der Waals surface area contributed by atoms with Crippen molar-refractivity contribution in [1.29, 1.82) is 0 Å². The van der Waals surface area contributed by atoms with Gasteiger partial charge in [-0.25, -0.2) is 0 Å². The van der Waals surface area contributed by atoms with Gasteiger partial charge in [-0.1, -0.05) is 18.2 Å². The summed E-state index contributed by atoms with van der Waals surface area (Å²) in [7, 11) is 0. The smallest absolute Gasteiger partial charge is 0.392 e. The van der Waals surface area contributed by atoms with Crippen LogP contribution in [0.25, 0.3) is 6.08 Å². The zero-order valence-corrected chi connectivity index (χ0v) is 8.46. The van der Waals surface area contributed by atoms with Crippen molar-refractivity contribution in [2.24, 2.45) is 5.73 Å². The van der Waals surface area contributed by atoms with Crippen molar-refractivity contribution in [3.8, 4) is 0 Å². The maximum absolute atomic E-state index is 12.4. The zero-order chi connectivity index (χ0) is 12.2. The summed E-state index contributed by atoms with van der Waals surface area (Å²) >= 11 is 0. The molecule has 0 fully saturated rings. The molecule has 5 heteroatoms. The van der Waals surface area contributed by atoms with Crippen LogP contribution in [-0.2, 0) is 12.8 Å². The molecule has 0 aliphatic carbocycles. The Kier molecular flexibility index (Phi) is 4.09. The number of hydrogen-bond donors (Lipinski definition) is 2. The largest absolute Gasteiger partial charge is 0.416 e. The second kappa shape index (κ2) is 5.14. The highest BCUT2D eigenvalue weighted by Gasteiger charge is 2.30. The number of aliphatic hydroxyl groups is 1. The summed E-state index contributed by atoms with van der Waals surface area (Å²) in [4.78, 5) is 0. The Labute approximate surface area is 91.2 Å². The Balaban J connectivity index is 3.12. The van der Waals surface area contributed by atoms with Gasteiger partial charge in [-0.05, 0) is 23.3 Å². The lowest BCUT2D eigenvalue weighted by Gasteiger charge is -2.10. The molecule has 88 valence electrons. The summed E-state index contributed by atoms with van der Waals surface area (Å²) < 4.78 is 37.1. The molecule has 0 bridgehead atoms. The molecule has 0 aliphatic heterocycles. The van der Waals surface area contributed by atoms with Crippen LogP contribution < -0.4 is 5.73 Å². The topological polar surface area (TPSA) is 46.2 Å². The maximum Gasteiger partial charge on any atom is 0.416 e. The molecule has 0 atom stereocenters. The molecule has 0 heterocycles. The molecule has 3 N–H and O–H groups in total. The molecule has 1 rings (SSSR count). The van der Waals surface area contributed by atoms with Crippen LogP contribution >= 0.6 is 0 Å². The van der Waals surface area contributed by atoms with Crippen LogP contribution in [-0.4, -0.2) is 11.7 Å². The van der Waals surface area contributed by atoms with Crippen molar-refractivity contribution in [2.75, 3.05) is 6.54 Å². The van der Waals surface area contributed by atoms with Crippen LogP contribution in [0.2, 0.25) is 0 Å². The average Bonchev–Trinajstić information content (AvgIpc) is 2.24. The second-order valence-corrected chi connectivity index (χ2v) is 3.21. The number of benzene rings is 1. The number of nitrogens with two attached hydrogens (primary N) is 1. The van der Waals surface area contributed by atoms with E-state index in [1.807, 2.05) is 0 Å². The summed E-state index contributed by atoms with van der Waals surface area (Å²) in [6.07, 6.45) is -1.19. The van der Waals surface area contributed by atoms with E-state index >= 15 is 0 Å². The normalized spacial score (nSPS) is 12.3. The third-order valence-electron chi connectivity index (χ3n) is 2.07. The van der Waals surface area contributed by atoms with E-state index in [-0.39, 0.29) is 5.56 Å². The molecular weight excluding hydrogens is 219 g/mol. The van der Waals surface area contributed by atoms with Gasteiger partial charge >= 0.3 is 6.18 Å². The minimum Gasteiger partial charge on any atom is -0.392 e. The SMILES string of the molecule is NCC=Cc1ccc(C(F)(F)F)cc1CO. The quantitative estimate of drug-likeness (QED) is 0.837. The van der Waals surface area contributed by atoms with Crippen LogP contribution in [0.3, 0.4) is 0 Å². The molecule has 0 amide bonds. The molecule has 16 heavy (non-hydrogen) atoms. The first-order valence-corrected chi connectivity index (χ1v) is 4.66. The molecule has 0 saturated carbocycles. The van der Waals surface area contributed by atoms with E-state index in [1.54, 1.807) is 12.2 Å². The molecule has 0 aromatic heterocycles.